The van der Waals surface area contributed by atoms with Crippen molar-refractivity contribution < 1.29 is 9.59 Å². The second-order valence-electron chi connectivity index (χ2n) is 15.7. The van der Waals surface area contributed by atoms with Crippen LogP contribution >= 0.6 is 0 Å². The quantitative estimate of drug-likeness (QED) is 0.285. The van der Waals surface area contributed by atoms with Crippen LogP contribution in [0.25, 0.3) is 0 Å². The molecule has 44 heavy (non-hydrogen) atoms. The highest BCUT2D eigenvalue weighted by atomic mass is 16.1. The third kappa shape index (κ3) is 12.6. The van der Waals surface area contributed by atoms with Gasteiger partial charge in [-0.05, 0) is 110 Å². The lowest BCUT2D eigenvalue weighted by molar-refractivity contribution is -0.117. The Morgan fingerprint density at radius 1 is 0.818 bits per heavy atom. The Hall–Kier alpha value is -2.22. The Balaban J connectivity index is 0.000000455. The number of carbonyl (C=O) groups excluding carboxylic acids is 2. The van der Waals surface area contributed by atoms with E-state index in [9.17, 15) is 9.59 Å². The van der Waals surface area contributed by atoms with Gasteiger partial charge in [-0.2, -0.15) is 0 Å². The predicted molar refractivity (Wildman–Crippen MR) is 193 cm³/mol. The first kappa shape index (κ1) is 39.8. The molecule has 3 rings (SSSR count). The second-order valence-corrected chi connectivity index (χ2v) is 15.7. The Morgan fingerprint density at radius 2 is 1.34 bits per heavy atom. The maximum atomic E-state index is 12.8. The molecule has 2 aromatic rings. The molecule has 0 amide bonds. The summed E-state index contributed by atoms with van der Waals surface area (Å²) in [6.07, 6.45) is 9.30. The van der Waals surface area contributed by atoms with Crippen LogP contribution < -0.4 is 0 Å². The highest BCUT2D eigenvalue weighted by molar-refractivity contribution is 6.00. The summed E-state index contributed by atoms with van der Waals surface area (Å²) in [5, 5.41) is 0. The molecule has 248 valence electrons. The van der Waals surface area contributed by atoms with Gasteiger partial charge in [0.05, 0.1) is 0 Å². The smallest absolute Gasteiger partial charge is 0.163 e. The minimum absolute atomic E-state index is 0.242. The number of carbonyl (C=O) groups is 2. The normalized spacial score (nSPS) is 15.5. The van der Waals surface area contributed by atoms with Crippen LogP contribution in [-0.4, -0.2) is 11.6 Å². The van der Waals surface area contributed by atoms with Gasteiger partial charge in [0.2, 0.25) is 0 Å². The molecule has 0 aliphatic heterocycles. The largest absolute Gasteiger partial charge is 0.300 e. The highest BCUT2D eigenvalue weighted by Gasteiger charge is 2.30. The van der Waals surface area contributed by atoms with Gasteiger partial charge in [-0.25, -0.2) is 0 Å². The van der Waals surface area contributed by atoms with E-state index in [0.717, 1.165) is 31.2 Å². The topological polar surface area (TPSA) is 34.1 Å². The van der Waals surface area contributed by atoms with E-state index in [1.807, 2.05) is 0 Å². The minimum Gasteiger partial charge on any atom is -0.300 e. The molecule has 0 spiro atoms. The first-order chi connectivity index (χ1) is 20.4. The van der Waals surface area contributed by atoms with Crippen molar-refractivity contribution >= 4 is 11.6 Å². The van der Waals surface area contributed by atoms with Crippen LogP contribution in [0.4, 0.5) is 0 Å². The van der Waals surface area contributed by atoms with Gasteiger partial charge in [-0.15, -0.1) is 0 Å². The van der Waals surface area contributed by atoms with E-state index in [4.69, 9.17) is 0 Å². The lowest BCUT2D eigenvalue weighted by Crippen LogP contribution is -2.26. The number of Topliss-reactive ketones (excluding diaryl/α,β-unsaturated/α-hetero) is 2. The lowest BCUT2D eigenvalue weighted by atomic mass is 9.72. The minimum atomic E-state index is 0.242. The zero-order chi connectivity index (χ0) is 33.8. The number of rotatable bonds is 9. The number of aryl methyl sites for hydroxylation is 2. The van der Waals surface area contributed by atoms with Crippen molar-refractivity contribution in [3.05, 3.63) is 69.3 Å². The SMILES string of the molecule is CCC.CCC(CC)C(CCCC(C)=O)CC1CC(=O)c2c(ccc(C)c2C)C1.Cc1cc(C(C)(C)C)cc(C(C)(C)C)c1. The fourth-order valence-electron chi connectivity index (χ4n) is 6.54. The number of ketones is 2. The van der Waals surface area contributed by atoms with Crippen LogP contribution in [0.15, 0.2) is 30.3 Å². The van der Waals surface area contributed by atoms with Gasteiger partial charge in [-0.1, -0.05) is 124 Å². The molecule has 2 atom stereocenters. The van der Waals surface area contributed by atoms with Crippen LogP contribution in [0.2, 0.25) is 0 Å². The summed E-state index contributed by atoms with van der Waals surface area (Å²) < 4.78 is 0. The van der Waals surface area contributed by atoms with Crippen LogP contribution in [0, 0.1) is 38.5 Å². The van der Waals surface area contributed by atoms with E-state index in [1.165, 1.54) is 52.6 Å². The molecule has 0 saturated heterocycles. The van der Waals surface area contributed by atoms with Crippen molar-refractivity contribution in [3.8, 4) is 0 Å². The first-order valence-corrected chi connectivity index (χ1v) is 17.6. The molecule has 2 unspecified atom stereocenters. The van der Waals surface area contributed by atoms with Crippen molar-refractivity contribution in [3.63, 3.8) is 0 Å². The molecule has 2 nitrogen and oxygen atoms in total. The molecule has 0 bridgehead atoms. The summed E-state index contributed by atoms with van der Waals surface area (Å²) in [7, 11) is 0. The Morgan fingerprint density at radius 3 is 1.80 bits per heavy atom. The van der Waals surface area contributed by atoms with Crippen LogP contribution in [0.1, 0.15) is 171 Å². The molecule has 1 aliphatic carbocycles. The summed E-state index contributed by atoms with van der Waals surface area (Å²) in [6, 6.07) is 11.3. The Kier molecular flexibility index (Phi) is 16.3. The molecule has 0 saturated carbocycles. The van der Waals surface area contributed by atoms with Gasteiger partial charge in [-0.3, -0.25) is 4.79 Å². The van der Waals surface area contributed by atoms with E-state index in [2.05, 4.69) is 120 Å². The third-order valence-corrected chi connectivity index (χ3v) is 9.35. The van der Waals surface area contributed by atoms with E-state index in [-0.39, 0.29) is 10.8 Å². The average molecular weight is 605 g/mol. The van der Waals surface area contributed by atoms with Crippen molar-refractivity contribution in [1.29, 1.82) is 0 Å². The molecule has 1 aliphatic rings. The van der Waals surface area contributed by atoms with Gasteiger partial charge in [0, 0.05) is 18.4 Å². The van der Waals surface area contributed by atoms with E-state index in [1.54, 1.807) is 6.92 Å². The summed E-state index contributed by atoms with van der Waals surface area (Å²) in [4.78, 5) is 24.1. The van der Waals surface area contributed by atoms with Crippen molar-refractivity contribution in [2.75, 3.05) is 0 Å². The molecule has 0 N–H and O–H groups in total. The third-order valence-electron chi connectivity index (χ3n) is 9.35. The molecule has 2 heteroatoms. The van der Waals surface area contributed by atoms with Gasteiger partial charge in [0.25, 0.3) is 0 Å². The van der Waals surface area contributed by atoms with E-state index in [0.29, 0.717) is 42.2 Å². The molecule has 2 aromatic carbocycles. The second kappa shape index (κ2) is 18.1. The van der Waals surface area contributed by atoms with Crippen LogP contribution in [0.5, 0.6) is 0 Å². The summed E-state index contributed by atoms with van der Waals surface area (Å²) >= 11 is 0. The summed E-state index contributed by atoms with van der Waals surface area (Å²) in [5.41, 5.74) is 9.36. The lowest BCUT2D eigenvalue weighted by Gasteiger charge is -2.32. The van der Waals surface area contributed by atoms with Gasteiger partial charge in [0.15, 0.2) is 5.78 Å². The zero-order valence-electron chi connectivity index (χ0n) is 31.3. The van der Waals surface area contributed by atoms with Crippen molar-refractivity contribution in [2.45, 2.75) is 166 Å². The maximum absolute atomic E-state index is 12.8. The van der Waals surface area contributed by atoms with E-state index < -0.39 is 0 Å². The van der Waals surface area contributed by atoms with Crippen molar-refractivity contribution in [1.82, 2.24) is 0 Å². The molecule has 0 radical (unpaired) electrons. The van der Waals surface area contributed by atoms with E-state index >= 15 is 0 Å². The maximum Gasteiger partial charge on any atom is 0.163 e. The summed E-state index contributed by atoms with van der Waals surface area (Å²) in [6.45, 7) is 30.5. The van der Waals surface area contributed by atoms with Gasteiger partial charge >= 0.3 is 0 Å². The molecular weight excluding hydrogens is 536 g/mol. The fourth-order valence-corrected chi connectivity index (χ4v) is 6.54. The highest BCUT2D eigenvalue weighted by Crippen LogP contribution is 2.37. The van der Waals surface area contributed by atoms with Crippen LogP contribution in [-0.2, 0) is 22.0 Å². The van der Waals surface area contributed by atoms with Gasteiger partial charge in [0.1, 0.15) is 5.78 Å². The fraction of sp³-hybridized carbons (Fsp3) is 0.667. The monoisotopic (exact) mass is 605 g/mol. The van der Waals surface area contributed by atoms with Crippen molar-refractivity contribution in [2.24, 2.45) is 17.8 Å². The molecular formula is C42H68O2. The Bertz CT molecular complexity index is 1150. The number of benzene rings is 2. The molecule has 0 fully saturated rings. The number of fused-ring (bicyclic) bond motifs is 1. The standard InChI is InChI=1S/C24H36O2.C15H24.C3H8/c1-6-20(7-2)21(10-8-9-17(4)25)13-19-14-22-12-11-16(3)18(5)24(22)23(26)15-19;1-11-8-12(14(2,3)4)10-13(9-11)15(5,6)7;1-3-2/h11-12,19-21H,6-10,13-15H2,1-5H3;8-10H,1-7H3;3H2,1-2H3. The van der Waals surface area contributed by atoms with Crippen LogP contribution in [0.3, 0.4) is 0 Å². The Labute approximate surface area is 273 Å². The number of hydrogen-bond donors (Lipinski definition) is 0. The zero-order valence-corrected chi connectivity index (χ0v) is 31.3. The molecule has 0 heterocycles. The first-order valence-electron chi connectivity index (χ1n) is 17.6. The molecule has 0 aromatic heterocycles. The van der Waals surface area contributed by atoms with Gasteiger partial charge < -0.3 is 4.79 Å². The predicted octanol–water partition coefficient (Wildman–Crippen LogP) is 12.3. The average Bonchev–Trinajstić information content (AvgIpc) is 2.90. The number of hydrogen-bond acceptors (Lipinski definition) is 2. The summed E-state index contributed by atoms with van der Waals surface area (Å²) in [5.74, 6) is 2.43.